The average molecular weight is 274 g/mol. The van der Waals surface area contributed by atoms with Crippen molar-refractivity contribution in [2.24, 2.45) is 5.92 Å². The standard InChI is InChI=1S/C18H30N2/c1-4-12-19-18(17-10-6-5-7-11-17)16(3)20-13-8-9-15(2)14-20/h5-7,10-11,15-16,18-19H,4,8-9,12-14H2,1-3H3. The van der Waals surface area contributed by atoms with E-state index in [0.29, 0.717) is 12.1 Å². The summed E-state index contributed by atoms with van der Waals surface area (Å²) in [4.78, 5) is 2.68. The minimum Gasteiger partial charge on any atom is -0.309 e. The van der Waals surface area contributed by atoms with E-state index in [1.54, 1.807) is 0 Å². The number of nitrogens with one attached hydrogen (secondary N) is 1. The minimum absolute atomic E-state index is 0.446. The quantitative estimate of drug-likeness (QED) is 0.847. The average Bonchev–Trinajstić information content (AvgIpc) is 2.48. The Morgan fingerprint density at radius 1 is 1.30 bits per heavy atom. The van der Waals surface area contributed by atoms with Gasteiger partial charge in [0.1, 0.15) is 0 Å². The number of nitrogens with zero attached hydrogens (tertiary/aromatic N) is 1. The fraction of sp³-hybridized carbons (Fsp3) is 0.667. The molecule has 1 saturated heterocycles. The molecular weight excluding hydrogens is 244 g/mol. The van der Waals surface area contributed by atoms with Crippen molar-refractivity contribution in [3.63, 3.8) is 0 Å². The zero-order valence-electron chi connectivity index (χ0n) is 13.3. The van der Waals surface area contributed by atoms with E-state index >= 15 is 0 Å². The van der Waals surface area contributed by atoms with Gasteiger partial charge < -0.3 is 5.32 Å². The maximum Gasteiger partial charge on any atom is 0.0475 e. The van der Waals surface area contributed by atoms with Crippen LogP contribution in [0.5, 0.6) is 0 Å². The first kappa shape index (κ1) is 15.5. The Bertz CT molecular complexity index is 376. The zero-order chi connectivity index (χ0) is 14.4. The van der Waals surface area contributed by atoms with Gasteiger partial charge in [0.05, 0.1) is 0 Å². The smallest absolute Gasteiger partial charge is 0.0475 e. The number of benzene rings is 1. The van der Waals surface area contributed by atoms with Gasteiger partial charge in [0.25, 0.3) is 0 Å². The molecule has 2 heteroatoms. The predicted octanol–water partition coefficient (Wildman–Crippen LogP) is 3.85. The summed E-state index contributed by atoms with van der Waals surface area (Å²) in [6, 6.07) is 11.9. The summed E-state index contributed by atoms with van der Waals surface area (Å²) in [7, 11) is 0. The van der Waals surface area contributed by atoms with Crippen LogP contribution in [-0.4, -0.2) is 30.6 Å². The SMILES string of the molecule is CCCNC(c1ccccc1)C(C)N1CCCC(C)C1. The van der Waals surface area contributed by atoms with Gasteiger partial charge in [-0.15, -0.1) is 0 Å². The Balaban J connectivity index is 2.09. The monoisotopic (exact) mass is 274 g/mol. The predicted molar refractivity (Wildman–Crippen MR) is 86.9 cm³/mol. The highest BCUT2D eigenvalue weighted by Gasteiger charge is 2.27. The van der Waals surface area contributed by atoms with Crippen molar-refractivity contribution in [1.82, 2.24) is 10.2 Å². The molecule has 1 aliphatic heterocycles. The molecule has 1 heterocycles. The molecule has 0 spiro atoms. The van der Waals surface area contributed by atoms with Crippen LogP contribution in [0.4, 0.5) is 0 Å². The van der Waals surface area contributed by atoms with Gasteiger partial charge in [0.15, 0.2) is 0 Å². The minimum atomic E-state index is 0.446. The summed E-state index contributed by atoms with van der Waals surface area (Å²) in [5.41, 5.74) is 1.42. The summed E-state index contributed by atoms with van der Waals surface area (Å²) in [5.74, 6) is 0.841. The van der Waals surface area contributed by atoms with Crippen molar-refractivity contribution < 1.29 is 0 Å². The highest BCUT2D eigenvalue weighted by molar-refractivity contribution is 5.20. The van der Waals surface area contributed by atoms with E-state index in [0.717, 1.165) is 12.5 Å². The fourth-order valence-electron chi connectivity index (χ4n) is 3.33. The van der Waals surface area contributed by atoms with E-state index in [2.05, 4.69) is 61.3 Å². The van der Waals surface area contributed by atoms with Crippen molar-refractivity contribution in [3.05, 3.63) is 35.9 Å². The molecule has 0 aliphatic carbocycles. The molecule has 2 rings (SSSR count). The molecule has 1 aromatic carbocycles. The van der Waals surface area contributed by atoms with Gasteiger partial charge in [-0.05, 0) is 50.8 Å². The maximum atomic E-state index is 3.76. The van der Waals surface area contributed by atoms with E-state index in [-0.39, 0.29) is 0 Å². The fourth-order valence-corrected chi connectivity index (χ4v) is 3.33. The van der Waals surface area contributed by atoms with Crippen LogP contribution < -0.4 is 5.32 Å². The van der Waals surface area contributed by atoms with Crippen molar-refractivity contribution in [1.29, 1.82) is 0 Å². The lowest BCUT2D eigenvalue weighted by Gasteiger charge is -2.40. The highest BCUT2D eigenvalue weighted by atomic mass is 15.2. The van der Waals surface area contributed by atoms with E-state index < -0.39 is 0 Å². The second-order valence-corrected chi connectivity index (χ2v) is 6.33. The van der Waals surface area contributed by atoms with Crippen molar-refractivity contribution >= 4 is 0 Å². The molecule has 20 heavy (non-hydrogen) atoms. The maximum absolute atomic E-state index is 3.76. The van der Waals surface area contributed by atoms with Gasteiger partial charge in [-0.25, -0.2) is 0 Å². The molecular formula is C18H30N2. The lowest BCUT2D eigenvalue weighted by atomic mass is 9.94. The van der Waals surface area contributed by atoms with Crippen molar-refractivity contribution in [2.75, 3.05) is 19.6 Å². The first-order valence-corrected chi connectivity index (χ1v) is 8.24. The topological polar surface area (TPSA) is 15.3 Å². The van der Waals surface area contributed by atoms with Crippen LogP contribution >= 0.6 is 0 Å². The molecule has 3 unspecified atom stereocenters. The summed E-state index contributed by atoms with van der Waals surface area (Å²) in [6.07, 6.45) is 3.93. The lowest BCUT2D eigenvalue weighted by Crippen LogP contribution is -2.47. The molecule has 0 amide bonds. The Morgan fingerprint density at radius 2 is 2.05 bits per heavy atom. The van der Waals surface area contributed by atoms with Crippen molar-refractivity contribution in [3.8, 4) is 0 Å². The molecule has 0 radical (unpaired) electrons. The third-order valence-electron chi connectivity index (χ3n) is 4.52. The van der Waals surface area contributed by atoms with Crippen LogP contribution in [0.2, 0.25) is 0 Å². The van der Waals surface area contributed by atoms with Crippen LogP contribution in [0.15, 0.2) is 30.3 Å². The second-order valence-electron chi connectivity index (χ2n) is 6.33. The molecule has 1 fully saturated rings. The van der Waals surface area contributed by atoms with Gasteiger partial charge in [0.2, 0.25) is 0 Å². The number of rotatable bonds is 6. The molecule has 0 aromatic heterocycles. The second kappa shape index (κ2) is 7.80. The highest BCUT2D eigenvalue weighted by Crippen LogP contribution is 2.25. The van der Waals surface area contributed by atoms with Crippen LogP contribution in [0.3, 0.4) is 0 Å². The van der Waals surface area contributed by atoms with Gasteiger partial charge in [-0.3, -0.25) is 4.90 Å². The van der Waals surface area contributed by atoms with Gasteiger partial charge in [0, 0.05) is 18.6 Å². The summed E-state index contributed by atoms with van der Waals surface area (Å²) in [5, 5.41) is 3.76. The largest absolute Gasteiger partial charge is 0.309 e. The van der Waals surface area contributed by atoms with Gasteiger partial charge in [-0.1, -0.05) is 44.2 Å². The lowest BCUT2D eigenvalue weighted by molar-refractivity contribution is 0.113. The Labute approximate surface area is 124 Å². The first-order chi connectivity index (χ1) is 9.72. The van der Waals surface area contributed by atoms with Gasteiger partial charge >= 0.3 is 0 Å². The van der Waals surface area contributed by atoms with Crippen LogP contribution in [0, 0.1) is 5.92 Å². The van der Waals surface area contributed by atoms with E-state index in [1.807, 2.05) is 0 Å². The molecule has 2 nitrogen and oxygen atoms in total. The number of piperidine rings is 1. The molecule has 1 N–H and O–H groups in total. The first-order valence-electron chi connectivity index (χ1n) is 8.24. The number of hydrogen-bond acceptors (Lipinski definition) is 2. The number of likely N-dealkylation sites (tertiary alicyclic amines) is 1. The number of hydrogen-bond donors (Lipinski definition) is 1. The Hall–Kier alpha value is -0.860. The Kier molecular flexibility index (Phi) is 6.06. The van der Waals surface area contributed by atoms with E-state index in [4.69, 9.17) is 0 Å². The van der Waals surface area contributed by atoms with Crippen molar-refractivity contribution in [2.45, 2.75) is 52.1 Å². The third-order valence-corrected chi connectivity index (χ3v) is 4.52. The van der Waals surface area contributed by atoms with Gasteiger partial charge in [-0.2, -0.15) is 0 Å². The van der Waals surface area contributed by atoms with E-state index in [9.17, 15) is 0 Å². The van der Waals surface area contributed by atoms with Crippen LogP contribution in [-0.2, 0) is 0 Å². The van der Waals surface area contributed by atoms with E-state index in [1.165, 1.54) is 37.9 Å². The molecule has 0 bridgehead atoms. The Morgan fingerprint density at radius 3 is 2.70 bits per heavy atom. The molecule has 112 valence electrons. The molecule has 3 atom stereocenters. The summed E-state index contributed by atoms with van der Waals surface area (Å²) < 4.78 is 0. The molecule has 1 aliphatic rings. The van der Waals surface area contributed by atoms with Crippen LogP contribution in [0.1, 0.15) is 51.6 Å². The zero-order valence-corrected chi connectivity index (χ0v) is 13.3. The third kappa shape index (κ3) is 4.07. The molecule has 0 saturated carbocycles. The summed E-state index contributed by atoms with van der Waals surface area (Å²) in [6.45, 7) is 10.6. The molecule has 1 aromatic rings. The van der Waals surface area contributed by atoms with Crippen LogP contribution in [0.25, 0.3) is 0 Å². The normalized spacial score (nSPS) is 23.4. The summed E-state index contributed by atoms with van der Waals surface area (Å²) >= 11 is 0.